The molecule has 0 atom stereocenters. The highest BCUT2D eigenvalue weighted by Gasteiger charge is 2.13. The summed E-state index contributed by atoms with van der Waals surface area (Å²) in [7, 11) is 0. The molecule has 5 nitrogen and oxygen atoms in total. The molecular weight excluding hydrogens is 370 g/mol. The number of pyridine rings is 1. The molecule has 0 fully saturated rings. The number of carbonyl (C=O) groups excluding carboxylic acids is 1. The number of hydrogen-bond donors (Lipinski definition) is 2. The van der Waals surface area contributed by atoms with Gasteiger partial charge in [0, 0.05) is 23.5 Å². The Labute approximate surface area is 167 Å². The average Bonchev–Trinajstić information content (AvgIpc) is 3.15. The number of hydrogen-bond acceptors (Lipinski definition) is 4. The molecule has 2 N–H and O–H groups in total. The van der Waals surface area contributed by atoms with E-state index in [-0.39, 0.29) is 16.8 Å². The van der Waals surface area contributed by atoms with Gasteiger partial charge in [0.15, 0.2) is 10.9 Å². The van der Waals surface area contributed by atoms with E-state index in [4.69, 9.17) is 16.6 Å². The predicted octanol–water partition coefficient (Wildman–Crippen LogP) is 4.55. The van der Waals surface area contributed by atoms with Crippen molar-refractivity contribution in [3.8, 4) is 0 Å². The molecule has 4 aromatic rings. The van der Waals surface area contributed by atoms with Crippen molar-refractivity contribution >= 4 is 39.9 Å². The lowest BCUT2D eigenvalue weighted by Crippen LogP contribution is -2.33. The standard InChI is InChI=1S/C22H17N3O2S/c26-21(20-14-17-3-1-2-4-19(17)27-20)25-22(28)24-18-7-5-15(6-8-18)13-16-9-11-23-12-10-16/h1-12,14H,13H2,(H2,24,25,26,28). The number of nitrogens with one attached hydrogen (secondary N) is 2. The Morgan fingerprint density at radius 1 is 0.964 bits per heavy atom. The zero-order valence-corrected chi connectivity index (χ0v) is 15.7. The molecule has 0 aliphatic heterocycles. The van der Waals surface area contributed by atoms with Crippen molar-refractivity contribution in [1.29, 1.82) is 0 Å². The third kappa shape index (κ3) is 4.24. The Morgan fingerprint density at radius 2 is 1.68 bits per heavy atom. The second kappa shape index (κ2) is 8.02. The molecule has 28 heavy (non-hydrogen) atoms. The Hall–Kier alpha value is -3.51. The summed E-state index contributed by atoms with van der Waals surface area (Å²) in [5.41, 5.74) is 3.84. The molecule has 2 heterocycles. The van der Waals surface area contributed by atoms with E-state index in [9.17, 15) is 4.79 Å². The second-order valence-corrected chi connectivity index (χ2v) is 6.69. The van der Waals surface area contributed by atoms with Crippen LogP contribution in [-0.4, -0.2) is 16.0 Å². The van der Waals surface area contributed by atoms with Crippen molar-refractivity contribution in [2.45, 2.75) is 6.42 Å². The van der Waals surface area contributed by atoms with Crippen molar-refractivity contribution in [3.05, 3.63) is 96.0 Å². The number of aromatic nitrogens is 1. The minimum Gasteiger partial charge on any atom is -0.451 e. The van der Waals surface area contributed by atoms with Gasteiger partial charge in [-0.05, 0) is 66.2 Å². The second-order valence-electron chi connectivity index (χ2n) is 6.29. The molecule has 1 amide bonds. The summed E-state index contributed by atoms with van der Waals surface area (Å²) < 4.78 is 5.55. The molecular formula is C22H17N3O2S. The Morgan fingerprint density at radius 3 is 2.43 bits per heavy atom. The van der Waals surface area contributed by atoms with Crippen LogP contribution in [0.4, 0.5) is 5.69 Å². The first-order chi connectivity index (χ1) is 13.7. The van der Waals surface area contributed by atoms with E-state index < -0.39 is 0 Å². The van der Waals surface area contributed by atoms with Gasteiger partial charge < -0.3 is 9.73 Å². The topological polar surface area (TPSA) is 67.2 Å². The fraction of sp³-hybridized carbons (Fsp3) is 0.0455. The zero-order chi connectivity index (χ0) is 19.3. The van der Waals surface area contributed by atoms with Gasteiger partial charge in [0.25, 0.3) is 5.91 Å². The van der Waals surface area contributed by atoms with Crippen LogP contribution >= 0.6 is 12.2 Å². The maximum absolute atomic E-state index is 12.3. The first kappa shape index (κ1) is 17.9. The van der Waals surface area contributed by atoms with E-state index in [1.54, 1.807) is 18.5 Å². The average molecular weight is 387 g/mol. The van der Waals surface area contributed by atoms with Crippen LogP contribution in [0, 0.1) is 0 Å². The number of anilines is 1. The van der Waals surface area contributed by atoms with Gasteiger partial charge in [0.1, 0.15) is 5.58 Å². The van der Waals surface area contributed by atoms with E-state index in [1.165, 1.54) is 11.1 Å². The number of thiocarbonyl (C=S) groups is 1. The number of para-hydroxylation sites is 1. The van der Waals surface area contributed by atoms with Gasteiger partial charge in [-0.25, -0.2) is 0 Å². The normalized spacial score (nSPS) is 10.6. The molecule has 2 aromatic carbocycles. The number of benzene rings is 2. The molecule has 138 valence electrons. The smallest absolute Gasteiger partial charge is 0.293 e. The highest BCUT2D eigenvalue weighted by molar-refractivity contribution is 7.80. The molecule has 0 aliphatic rings. The number of nitrogens with zero attached hydrogens (tertiary/aromatic N) is 1. The molecule has 0 aliphatic carbocycles. The van der Waals surface area contributed by atoms with E-state index in [0.29, 0.717) is 5.58 Å². The van der Waals surface area contributed by atoms with Crippen LogP contribution in [0.25, 0.3) is 11.0 Å². The van der Waals surface area contributed by atoms with Crippen LogP contribution in [0.5, 0.6) is 0 Å². The molecule has 6 heteroatoms. The first-order valence-electron chi connectivity index (χ1n) is 8.76. The lowest BCUT2D eigenvalue weighted by atomic mass is 10.1. The SMILES string of the molecule is O=C(NC(=S)Nc1ccc(Cc2ccncc2)cc1)c1cc2ccccc2o1. The van der Waals surface area contributed by atoms with E-state index in [0.717, 1.165) is 17.5 Å². The fourth-order valence-corrected chi connectivity index (χ4v) is 3.07. The van der Waals surface area contributed by atoms with Crippen molar-refractivity contribution in [3.63, 3.8) is 0 Å². The summed E-state index contributed by atoms with van der Waals surface area (Å²) in [6, 6.07) is 21.0. The first-order valence-corrected chi connectivity index (χ1v) is 9.17. The van der Waals surface area contributed by atoms with E-state index in [1.807, 2.05) is 60.7 Å². The van der Waals surface area contributed by atoms with Crippen molar-refractivity contribution in [2.24, 2.45) is 0 Å². The summed E-state index contributed by atoms with van der Waals surface area (Å²) in [5, 5.41) is 6.74. The highest BCUT2D eigenvalue weighted by atomic mass is 32.1. The largest absolute Gasteiger partial charge is 0.451 e. The molecule has 0 saturated carbocycles. The van der Waals surface area contributed by atoms with Gasteiger partial charge in [-0.2, -0.15) is 0 Å². The molecule has 0 spiro atoms. The maximum Gasteiger partial charge on any atom is 0.293 e. The number of rotatable bonds is 4. The van der Waals surface area contributed by atoms with Gasteiger partial charge >= 0.3 is 0 Å². The third-order valence-electron chi connectivity index (χ3n) is 4.25. The third-order valence-corrected chi connectivity index (χ3v) is 4.45. The van der Waals surface area contributed by atoms with Gasteiger partial charge in [0.05, 0.1) is 0 Å². The summed E-state index contributed by atoms with van der Waals surface area (Å²) in [5.74, 6) is -0.166. The quantitative estimate of drug-likeness (QED) is 0.503. The number of furan rings is 1. The van der Waals surface area contributed by atoms with Crippen LogP contribution in [-0.2, 0) is 6.42 Å². The minimum absolute atomic E-state index is 0.215. The van der Waals surface area contributed by atoms with Crippen molar-refractivity contribution < 1.29 is 9.21 Å². The summed E-state index contributed by atoms with van der Waals surface area (Å²) in [6.07, 6.45) is 4.40. The van der Waals surface area contributed by atoms with Gasteiger partial charge in [0.2, 0.25) is 0 Å². The van der Waals surface area contributed by atoms with Gasteiger partial charge in [-0.3, -0.25) is 15.1 Å². The molecule has 0 radical (unpaired) electrons. The number of carbonyl (C=O) groups is 1. The summed E-state index contributed by atoms with van der Waals surface area (Å²) in [6.45, 7) is 0. The molecule has 0 bridgehead atoms. The number of amides is 1. The molecule has 4 rings (SSSR count). The van der Waals surface area contributed by atoms with Gasteiger partial charge in [-0.1, -0.05) is 30.3 Å². The Kier molecular flexibility index (Phi) is 5.12. The molecule has 0 saturated heterocycles. The zero-order valence-electron chi connectivity index (χ0n) is 14.9. The van der Waals surface area contributed by atoms with E-state index >= 15 is 0 Å². The van der Waals surface area contributed by atoms with Crippen molar-refractivity contribution in [1.82, 2.24) is 10.3 Å². The minimum atomic E-state index is -0.386. The van der Waals surface area contributed by atoms with Crippen molar-refractivity contribution in [2.75, 3.05) is 5.32 Å². The number of fused-ring (bicyclic) bond motifs is 1. The maximum atomic E-state index is 12.3. The predicted molar refractivity (Wildman–Crippen MR) is 113 cm³/mol. The van der Waals surface area contributed by atoms with Crippen LogP contribution < -0.4 is 10.6 Å². The van der Waals surface area contributed by atoms with Crippen LogP contribution in [0.15, 0.2) is 83.5 Å². The van der Waals surface area contributed by atoms with Crippen LogP contribution in [0.3, 0.4) is 0 Å². The van der Waals surface area contributed by atoms with Crippen LogP contribution in [0.2, 0.25) is 0 Å². The van der Waals surface area contributed by atoms with Gasteiger partial charge in [-0.15, -0.1) is 0 Å². The Bertz CT molecular complexity index is 1090. The Balaban J connectivity index is 1.36. The highest BCUT2D eigenvalue weighted by Crippen LogP contribution is 2.19. The monoisotopic (exact) mass is 387 g/mol. The van der Waals surface area contributed by atoms with Crippen LogP contribution in [0.1, 0.15) is 21.7 Å². The lowest BCUT2D eigenvalue weighted by molar-refractivity contribution is 0.0953. The van der Waals surface area contributed by atoms with E-state index in [2.05, 4.69) is 15.6 Å². The summed E-state index contributed by atoms with van der Waals surface area (Å²) in [4.78, 5) is 16.4. The lowest BCUT2D eigenvalue weighted by Gasteiger charge is -2.09. The molecule has 0 unspecified atom stereocenters. The molecule has 2 aromatic heterocycles. The summed E-state index contributed by atoms with van der Waals surface area (Å²) >= 11 is 5.24. The fourth-order valence-electron chi connectivity index (χ4n) is 2.86.